The van der Waals surface area contributed by atoms with Crippen LogP contribution in [0.3, 0.4) is 0 Å². The van der Waals surface area contributed by atoms with Gasteiger partial charge in [0.1, 0.15) is 10.3 Å². The fourth-order valence-corrected chi connectivity index (χ4v) is 1.85. The van der Waals surface area contributed by atoms with Gasteiger partial charge in [-0.2, -0.15) is 0 Å². The van der Waals surface area contributed by atoms with Crippen LogP contribution in [0.5, 0.6) is 0 Å². The third-order valence-corrected chi connectivity index (χ3v) is 4.20. The fourth-order valence-electron chi connectivity index (χ4n) is 0.763. The third-order valence-electron chi connectivity index (χ3n) is 1.51. The van der Waals surface area contributed by atoms with Gasteiger partial charge in [-0.05, 0) is 40.8 Å². The van der Waals surface area contributed by atoms with E-state index >= 15 is 0 Å². The number of halogens is 5. The van der Waals surface area contributed by atoms with Crippen LogP contribution in [-0.2, 0) is 0 Å². The van der Waals surface area contributed by atoms with Crippen LogP contribution in [0.1, 0.15) is 0 Å². The Balaban J connectivity index is 0.000000171. The summed E-state index contributed by atoms with van der Waals surface area (Å²) < 4.78 is 0.925. The first-order valence-corrected chi connectivity index (χ1v) is 6.83. The van der Waals surface area contributed by atoms with Gasteiger partial charge in [0, 0.05) is 16.0 Å². The molecule has 0 saturated heterocycles. The molecule has 2 rings (SSSR count). The molecule has 0 spiro atoms. The van der Waals surface area contributed by atoms with Crippen molar-refractivity contribution >= 4 is 69.0 Å². The maximum Gasteiger partial charge on any atom is 0.148 e. The summed E-state index contributed by atoms with van der Waals surface area (Å²) in [5.41, 5.74) is 0. The van der Waals surface area contributed by atoms with E-state index in [1.807, 2.05) is 0 Å². The van der Waals surface area contributed by atoms with Gasteiger partial charge in [-0.1, -0.05) is 46.4 Å². The minimum Gasteiger partial charge on any atom is -0.243 e. The molecule has 17 heavy (non-hydrogen) atoms. The molecular weight excluding hydrogens is 417 g/mol. The first kappa shape index (κ1) is 15.2. The maximum atomic E-state index is 5.68. The van der Waals surface area contributed by atoms with Crippen LogP contribution in [-0.4, -0.2) is 9.97 Å². The number of rotatable bonds is 0. The van der Waals surface area contributed by atoms with Crippen molar-refractivity contribution in [1.82, 2.24) is 9.97 Å². The summed E-state index contributed by atoms with van der Waals surface area (Å²) >= 11 is 24.3. The Kier molecular flexibility index (Phi) is 6.80. The highest BCUT2D eigenvalue weighted by Gasteiger charge is 1.99. The van der Waals surface area contributed by atoms with Crippen LogP contribution in [0.4, 0.5) is 0 Å². The van der Waals surface area contributed by atoms with Crippen LogP contribution in [0, 0.1) is 3.57 Å². The Hall–Kier alpha value is 0.190. The summed E-state index contributed by atoms with van der Waals surface area (Å²) in [5, 5.41) is 1.74. The molecule has 0 fully saturated rings. The normalized spacial score (nSPS) is 9.47. The predicted octanol–water partition coefficient (Wildman–Crippen LogP) is 5.38. The minimum atomic E-state index is 0.356. The van der Waals surface area contributed by atoms with Crippen molar-refractivity contribution in [2.24, 2.45) is 0 Å². The van der Waals surface area contributed by atoms with E-state index in [4.69, 9.17) is 46.4 Å². The minimum absolute atomic E-state index is 0.356. The molecule has 0 bridgehead atoms. The van der Waals surface area contributed by atoms with Crippen LogP contribution in [0.2, 0.25) is 20.4 Å². The lowest BCUT2D eigenvalue weighted by atomic mass is 10.5. The quantitative estimate of drug-likeness (QED) is 0.421. The fraction of sp³-hybridized carbons (Fsp3) is 0. The Labute approximate surface area is 132 Å². The number of nitrogens with zero attached hydrogens (tertiary/aromatic N) is 2. The second-order valence-electron chi connectivity index (χ2n) is 2.67. The first-order chi connectivity index (χ1) is 8.02. The van der Waals surface area contributed by atoms with Crippen molar-refractivity contribution in [3.63, 3.8) is 0 Å². The summed E-state index contributed by atoms with van der Waals surface area (Å²) in [4.78, 5) is 7.48. The van der Waals surface area contributed by atoms with Crippen LogP contribution < -0.4 is 0 Å². The molecule has 0 aromatic carbocycles. The highest BCUT2D eigenvalue weighted by atomic mass is 127. The average molecular weight is 422 g/mol. The number of hydrogen-bond acceptors (Lipinski definition) is 2. The monoisotopic (exact) mass is 420 g/mol. The summed E-state index contributed by atoms with van der Waals surface area (Å²) in [6, 6.07) is 5.22. The second-order valence-corrected chi connectivity index (χ2v) is 5.34. The summed E-state index contributed by atoms with van der Waals surface area (Å²) in [5.74, 6) is 0. The molecule has 0 saturated carbocycles. The molecule has 2 heterocycles. The molecule has 2 nitrogen and oxygen atoms in total. The summed E-state index contributed by atoms with van der Waals surface area (Å²) in [6.07, 6.45) is 3.21. The Bertz CT molecular complexity index is 466. The molecule has 0 aliphatic carbocycles. The lowest BCUT2D eigenvalue weighted by molar-refractivity contribution is 1.31. The molecular formula is C10H5Cl4IN2. The van der Waals surface area contributed by atoms with Crippen molar-refractivity contribution in [1.29, 1.82) is 0 Å². The van der Waals surface area contributed by atoms with E-state index < -0.39 is 0 Å². The van der Waals surface area contributed by atoms with E-state index in [2.05, 4.69) is 32.6 Å². The van der Waals surface area contributed by atoms with Crippen LogP contribution in [0.15, 0.2) is 30.6 Å². The first-order valence-electron chi connectivity index (χ1n) is 4.24. The zero-order chi connectivity index (χ0) is 12.8. The standard InChI is InChI=1S/C5H2Cl2IN.C5H3Cl2N/c6-4-3(8)1-2-9-5(4)7;6-4-2-1-3-8-5(4)7/h1-2H;1-3H. The van der Waals surface area contributed by atoms with Crippen molar-refractivity contribution in [2.45, 2.75) is 0 Å². The smallest absolute Gasteiger partial charge is 0.148 e. The molecule has 2 aromatic heterocycles. The Morgan fingerprint density at radius 2 is 1.53 bits per heavy atom. The van der Waals surface area contributed by atoms with E-state index in [1.54, 1.807) is 30.6 Å². The van der Waals surface area contributed by atoms with Crippen LogP contribution in [0.25, 0.3) is 0 Å². The number of hydrogen-bond donors (Lipinski definition) is 0. The Morgan fingerprint density at radius 3 is 1.94 bits per heavy atom. The molecule has 0 amide bonds. The van der Waals surface area contributed by atoms with Crippen molar-refractivity contribution in [3.8, 4) is 0 Å². The van der Waals surface area contributed by atoms with E-state index in [9.17, 15) is 0 Å². The predicted molar refractivity (Wildman–Crippen MR) is 81.2 cm³/mol. The van der Waals surface area contributed by atoms with Crippen molar-refractivity contribution in [2.75, 3.05) is 0 Å². The van der Waals surface area contributed by atoms with E-state index in [1.165, 1.54) is 0 Å². The summed E-state index contributed by atoms with van der Waals surface area (Å²) in [6.45, 7) is 0. The van der Waals surface area contributed by atoms with E-state index in [0.717, 1.165) is 3.57 Å². The van der Waals surface area contributed by atoms with E-state index in [0.29, 0.717) is 20.4 Å². The van der Waals surface area contributed by atoms with Gasteiger partial charge in [0.2, 0.25) is 0 Å². The average Bonchev–Trinajstić information content (AvgIpc) is 2.31. The molecule has 0 N–H and O–H groups in total. The van der Waals surface area contributed by atoms with Gasteiger partial charge >= 0.3 is 0 Å². The highest BCUT2D eigenvalue weighted by molar-refractivity contribution is 14.1. The molecule has 2 aromatic rings. The van der Waals surface area contributed by atoms with Gasteiger partial charge in [0.25, 0.3) is 0 Å². The van der Waals surface area contributed by atoms with Crippen molar-refractivity contribution in [3.05, 3.63) is 54.5 Å². The van der Waals surface area contributed by atoms with Crippen LogP contribution >= 0.6 is 69.0 Å². The van der Waals surface area contributed by atoms with E-state index in [-0.39, 0.29) is 0 Å². The van der Waals surface area contributed by atoms with Gasteiger partial charge in [0.15, 0.2) is 0 Å². The molecule has 0 unspecified atom stereocenters. The third kappa shape index (κ3) is 5.14. The van der Waals surface area contributed by atoms with Gasteiger partial charge in [-0.15, -0.1) is 0 Å². The zero-order valence-corrected chi connectivity index (χ0v) is 13.4. The molecule has 90 valence electrons. The van der Waals surface area contributed by atoms with Gasteiger partial charge in [-0.25, -0.2) is 9.97 Å². The molecule has 0 radical (unpaired) electrons. The zero-order valence-electron chi connectivity index (χ0n) is 8.17. The number of pyridine rings is 2. The van der Waals surface area contributed by atoms with Crippen molar-refractivity contribution < 1.29 is 0 Å². The number of aromatic nitrogens is 2. The van der Waals surface area contributed by atoms with Gasteiger partial charge < -0.3 is 0 Å². The second kappa shape index (κ2) is 7.59. The summed E-state index contributed by atoms with van der Waals surface area (Å²) in [7, 11) is 0. The molecule has 0 aliphatic heterocycles. The Morgan fingerprint density at radius 1 is 0.882 bits per heavy atom. The topological polar surface area (TPSA) is 25.8 Å². The lowest BCUT2D eigenvalue weighted by Crippen LogP contribution is -1.78. The lowest BCUT2D eigenvalue weighted by Gasteiger charge is -1.93. The largest absolute Gasteiger partial charge is 0.243 e. The molecule has 0 atom stereocenters. The van der Waals surface area contributed by atoms with Gasteiger partial charge in [-0.3, -0.25) is 0 Å². The van der Waals surface area contributed by atoms with Gasteiger partial charge in [0.05, 0.1) is 10.0 Å². The molecule has 7 heteroatoms. The highest BCUT2D eigenvalue weighted by Crippen LogP contribution is 2.23. The molecule has 0 aliphatic rings. The maximum absolute atomic E-state index is 5.68. The SMILES string of the molecule is Clc1cccnc1Cl.Clc1nccc(I)c1Cl.